The Hall–Kier alpha value is -5.04. The average molecular weight is 566 g/mol. The van der Waals surface area contributed by atoms with E-state index in [2.05, 4.69) is 5.32 Å². The molecule has 0 spiro atoms. The molecule has 2 heterocycles. The summed E-state index contributed by atoms with van der Waals surface area (Å²) in [5.74, 6) is -6.03. The van der Waals surface area contributed by atoms with Gasteiger partial charge in [-0.05, 0) is 17.7 Å². The van der Waals surface area contributed by atoms with E-state index in [0.29, 0.717) is 5.56 Å². The van der Waals surface area contributed by atoms with Crippen LogP contribution in [0.25, 0.3) is 0 Å². The lowest BCUT2D eigenvalue weighted by atomic mass is 9.82. The normalized spacial score (nSPS) is 21.7. The Balaban J connectivity index is 2.04. The first kappa shape index (κ1) is 29.0. The van der Waals surface area contributed by atoms with E-state index < -0.39 is 71.0 Å². The quantitative estimate of drug-likeness (QED) is 0.354. The number of hydrazine groups is 1. The first-order valence-corrected chi connectivity index (χ1v) is 12.3. The Morgan fingerprint density at radius 3 is 1.93 bits per heavy atom. The van der Waals surface area contributed by atoms with Gasteiger partial charge in [0.1, 0.15) is 11.6 Å². The number of hydrogen-bond donors (Lipinski definition) is 1. The van der Waals surface area contributed by atoms with Gasteiger partial charge >= 0.3 is 23.9 Å². The average Bonchev–Trinajstić information content (AvgIpc) is 3.46. The molecule has 1 saturated heterocycles. The van der Waals surface area contributed by atoms with Crippen molar-refractivity contribution in [1.29, 1.82) is 0 Å². The molecule has 3 atom stereocenters. The molecule has 214 valence electrons. The highest BCUT2D eigenvalue weighted by Crippen LogP contribution is 2.52. The molecule has 13 nitrogen and oxygen atoms in total. The molecule has 1 N–H and O–H groups in total. The van der Waals surface area contributed by atoms with Crippen LogP contribution in [0.5, 0.6) is 0 Å². The molecule has 4 rings (SSSR count). The molecule has 0 bridgehead atoms. The van der Waals surface area contributed by atoms with Gasteiger partial charge in [0, 0.05) is 5.56 Å². The minimum Gasteiger partial charge on any atom is -0.469 e. The SMILES string of the molecule is COC(=O)C[C@@]1(C(=O)OC)C(C(=O)OC)=C(C(=O)OC)N2C(=O)[C@@H](NC(=O)c3ccccc3)[C@H](c3ccccc3)N21. The molecule has 0 aliphatic carbocycles. The molecule has 1 fully saturated rings. The summed E-state index contributed by atoms with van der Waals surface area (Å²) in [5.41, 5.74) is -3.14. The predicted octanol–water partition coefficient (Wildman–Crippen LogP) is 0.674. The van der Waals surface area contributed by atoms with Gasteiger partial charge in [0.05, 0.1) is 40.9 Å². The molecule has 0 radical (unpaired) electrons. The number of methoxy groups -OCH3 is 4. The lowest BCUT2D eigenvalue weighted by Gasteiger charge is -2.39. The van der Waals surface area contributed by atoms with Gasteiger partial charge in [0.25, 0.3) is 11.8 Å². The highest BCUT2D eigenvalue weighted by atomic mass is 16.5. The summed E-state index contributed by atoms with van der Waals surface area (Å²) in [5, 5.41) is 4.54. The van der Waals surface area contributed by atoms with Crippen molar-refractivity contribution in [2.45, 2.75) is 24.0 Å². The number of rotatable bonds is 8. The summed E-state index contributed by atoms with van der Waals surface area (Å²) < 4.78 is 19.7. The van der Waals surface area contributed by atoms with Gasteiger partial charge in [-0.15, -0.1) is 0 Å². The molecule has 13 heteroatoms. The monoisotopic (exact) mass is 565 g/mol. The zero-order valence-electron chi connectivity index (χ0n) is 22.6. The highest BCUT2D eigenvalue weighted by molar-refractivity contribution is 6.13. The topological polar surface area (TPSA) is 158 Å². The second-order valence-corrected chi connectivity index (χ2v) is 8.98. The van der Waals surface area contributed by atoms with Crippen molar-refractivity contribution < 1.29 is 47.7 Å². The van der Waals surface area contributed by atoms with E-state index in [0.717, 1.165) is 38.5 Å². The maximum absolute atomic E-state index is 14.2. The van der Waals surface area contributed by atoms with Crippen molar-refractivity contribution in [3.63, 3.8) is 0 Å². The van der Waals surface area contributed by atoms with Gasteiger partial charge in [-0.25, -0.2) is 19.4 Å². The fourth-order valence-electron chi connectivity index (χ4n) is 5.16. The standard InChI is InChI=1S/C28H27N3O10/c1-38-18(32)15-28(27(37)41-4)19(25(35)39-2)22(26(36)40-3)30-24(34)20(29-23(33)17-13-9-6-10-14-17)21(31(28)30)16-11-7-5-8-12-16/h5-14,20-21H,15H2,1-4H3,(H,29,33)/t20-,21-,28-/m0/s1. The number of carbonyl (C=O) groups excluding carboxylic acids is 6. The van der Waals surface area contributed by atoms with Gasteiger partial charge < -0.3 is 24.3 Å². The van der Waals surface area contributed by atoms with E-state index in [1.807, 2.05) is 0 Å². The zero-order valence-corrected chi connectivity index (χ0v) is 22.6. The van der Waals surface area contributed by atoms with Gasteiger partial charge in [0.2, 0.25) is 0 Å². The van der Waals surface area contributed by atoms with Crippen LogP contribution in [-0.4, -0.2) is 85.7 Å². The van der Waals surface area contributed by atoms with Crippen LogP contribution < -0.4 is 5.32 Å². The van der Waals surface area contributed by atoms with E-state index in [4.69, 9.17) is 18.9 Å². The number of amides is 2. The number of benzene rings is 2. The third-order valence-electron chi connectivity index (χ3n) is 6.91. The van der Waals surface area contributed by atoms with E-state index in [1.165, 1.54) is 0 Å². The van der Waals surface area contributed by atoms with Gasteiger partial charge in [0.15, 0.2) is 11.2 Å². The Labute approximate surface area is 234 Å². The number of carbonyl (C=O) groups is 6. The Kier molecular flexibility index (Phi) is 8.19. The van der Waals surface area contributed by atoms with Crippen LogP contribution in [0.15, 0.2) is 71.9 Å². The molecule has 2 aromatic rings. The number of hydrogen-bond acceptors (Lipinski definition) is 11. The minimum atomic E-state index is -2.44. The van der Waals surface area contributed by atoms with Crippen molar-refractivity contribution in [3.8, 4) is 0 Å². The number of esters is 4. The van der Waals surface area contributed by atoms with Crippen LogP contribution in [0.3, 0.4) is 0 Å². The summed E-state index contributed by atoms with van der Waals surface area (Å²) in [4.78, 5) is 80.6. The van der Waals surface area contributed by atoms with Crippen LogP contribution in [0.2, 0.25) is 0 Å². The van der Waals surface area contributed by atoms with Crippen molar-refractivity contribution >= 4 is 35.7 Å². The molecule has 0 saturated carbocycles. The first-order valence-electron chi connectivity index (χ1n) is 12.3. The summed E-state index contributed by atoms with van der Waals surface area (Å²) in [6, 6.07) is 13.7. The second-order valence-electron chi connectivity index (χ2n) is 8.98. The molecule has 2 aliphatic rings. The number of ether oxygens (including phenoxy) is 4. The maximum Gasteiger partial charge on any atom is 0.356 e. The lowest BCUT2D eigenvalue weighted by Crippen LogP contribution is -2.59. The van der Waals surface area contributed by atoms with Crippen LogP contribution >= 0.6 is 0 Å². The summed E-state index contributed by atoms with van der Waals surface area (Å²) in [7, 11) is 4.09. The fraction of sp³-hybridized carbons (Fsp3) is 0.286. The van der Waals surface area contributed by atoms with Gasteiger partial charge in [-0.3, -0.25) is 14.4 Å². The molecular formula is C28H27N3O10. The van der Waals surface area contributed by atoms with Crippen LogP contribution in [0, 0.1) is 0 Å². The van der Waals surface area contributed by atoms with Crippen molar-refractivity contribution in [3.05, 3.63) is 83.1 Å². The zero-order chi connectivity index (χ0) is 29.9. The molecule has 2 aliphatic heterocycles. The third-order valence-corrected chi connectivity index (χ3v) is 6.91. The van der Waals surface area contributed by atoms with E-state index in [1.54, 1.807) is 60.7 Å². The van der Waals surface area contributed by atoms with Crippen molar-refractivity contribution in [2.75, 3.05) is 28.4 Å². The largest absolute Gasteiger partial charge is 0.469 e. The third kappa shape index (κ3) is 4.69. The van der Waals surface area contributed by atoms with Gasteiger partial charge in [-0.2, -0.15) is 5.01 Å². The first-order chi connectivity index (χ1) is 19.7. The smallest absolute Gasteiger partial charge is 0.356 e. The molecule has 41 heavy (non-hydrogen) atoms. The summed E-state index contributed by atoms with van der Waals surface area (Å²) >= 11 is 0. The molecule has 0 aromatic heterocycles. The number of nitrogens with one attached hydrogen (secondary N) is 1. The minimum absolute atomic E-state index is 0.238. The Morgan fingerprint density at radius 1 is 0.805 bits per heavy atom. The van der Waals surface area contributed by atoms with Crippen molar-refractivity contribution in [2.24, 2.45) is 0 Å². The van der Waals surface area contributed by atoms with E-state index in [9.17, 15) is 28.8 Å². The number of fused-ring (bicyclic) bond motifs is 1. The lowest BCUT2D eigenvalue weighted by molar-refractivity contribution is -0.172. The van der Waals surface area contributed by atoms with Crippen LogP contribution in [0.1, 0.15) is 28.4 Å². The van der Waals surface area contributed by atoms with Crippen LogP contribution in [0.4, 0.5) is 0 Å². The summed E-state index contributed by atoms with van der Waals surface area (Å²) in [6.07, 6.45) is -0.867. The predicted molar refractivity (Wildman–Crippen MR) is 138 cm³/mol. The Morgan fingerprint density at radius 2 is 1.39 bits per heavy atom. The maximum atomic E-state index is 14.2. The molecule has 2 aromatic carbocycles. The van der Waals surface area contributed by atoms with E-state index >= 15 is 0 Å². The Bertz CT molecular complexity index is 1430. The van der Waals surface area contributed by atoms with Crippen molar-refractivity contribution in [1.82, 2.24) is 15.3 Å². The summed E-state index contributed by atoms with van der Waals surface area (Å²) in [6.45, 7) is 0. The van der Waals surface area contributed by atoms with Crippen LogP contribution in [-0.2, 0) is 42.9 Å². The number of nitrogens with zero attached hydrogens (tertiary/aromatic N) is 2. The highest BCUT2D eigenvalue weighted by Gasteiger charge is 2.70. The van der Waals surface area contributed by atoms with E-state index in [-0.39, 0.29) is 5.56 Å². The molecular weight excluding hydrogens is 538 g/mol. The molecule has 0 unspecified atom stereocenters. The fourth-order valence-corrected chi connectivity index (χ4v) is 5.16. The second kappa shape index (κ2) is 11.6. The molecule has 2 amide bonds. The van der Waals surface area contributed by atoms with Gasteiger partial charge in [-0.1, -0.05) is 48.5 Å².